The summed E-state index contributed by atoms with van der Waals surface area (Å²) in [5.41, 5.74) is 1.07. The van der Waals surface area contributed by atoms with Crippen LogP contribution in [0.25, 0.3) is 0 Å². The Morgan fingerprint density at radius 1 is 1.16 bits per heavy atom. The first-order valence-electron chi connectivity index (χ1n) is 11.6. The van der Waals surface area contributed by atoms with Gasteiger partial charge in [-0.1, -0.05) is 18.2 Å². The molecule has 0 saturated carbocycles. The monoisotopic (exact) mass is 431 g/mol. The molecule has 0 atom stereocenters. The Morgan fingerprint density at radius 2 is 2.00 bits per heavy atom. The summed E-state index contributed by atoms with van der Waals surface area (Å²) < 4.78 is 11.5. The van der Waals surface area contributed by atoms with Crippen molar-refractivity contribution in [3.05, 3.63) is 29.8 Å². The summed E-state index contributed by atoms with van der Waals surface area (Å²) >= 11 is 0. The molecule has 0 spiro atoms. The van der Waals surface area contributed by atoms with Gasteiger partial charge in [-0.2, -0.15) is 0 Å². The van der Waals surface area contributed by atoms with Crippen molar-refractivity contribution in [2.45, 2.75) is 32.7 Å². The van der Waals surface area contributed by atoms with Gasteiger partial charge in [0, 0.05) is 57.8 Å². The van der Waals surface area contributed by atoms with Crippen molar-refractivity contribution in [1.29, 1.82) is 0 Å². The average Bonchev–Trinajstić information content (AvgIpc) is 3.21. The number of hydrogen-bond donors (Lipinski definition) is 2. The minimum atomic E-state index is 0.283. The molecule has 2 saturated heterocycles. The number of amides is 1. The van der Waals surface area contributed by atoms with Crippen LogP contribution in [0.5, 0.6) is 5.75 Å². The smallest absolute Gasteiger partial charge is 0.222 e. The van der Waals surface area contributed by atoms with Gasteiger partial charge in [0.05, 0.1) is 19.8 Å². The van der Waals surface area contributed by atoms with Gasteiger partial charge in [-0.25, -0.2) is 4.99 Å². The van der Waals surface area contributed by atoms with Crippen molar-refractivity contribution in [3.8, 4) is 5.75 Å². The Kier molecular flexibility index (Phi) is 9.92. The predicted octanol–water partition coefficient (Wildman–Crippen LogP) is 1.47. The second-order valence-corrected chi connectivity index (χ2v) is 7.87. The second kappa shape index (κ2) is 13.2. The third kappa shape index (κ3) is 8.03. The van der Waals surface area contributed by atoms with Crippen LogP contribution in [0.3, 0.4) is 0 Å². The first kappa shape index (κ1) is 23.3. The lowest BCUT2D eigenvalue weighted by Crippen LogP contribution is -2.39. The highest BCUT2D eigenvalue weighted by Crippen LogP contribution is 2.19. The minimum Gasteiger partial charge on any atom is -0.492 e. The lowest BCUT2D eigenvalue weighted by molar-refractivity contribution is -0.127. The van der Waals surface area contributed by atoms with Crippen molar-refractivity contribution in [1.82, 2.24) is 20.4 Å². The largest absolute Gasteiger partial charge is 0.492 e. The van der Waals surface area contributed by atoms with Crippen LogP contribution in [0.1, 0.15) is 31.7 Å². The molecule has 31 heavy (non-hydrogen) atoms. The van der Waals surface area contributed by atoms with Crippen molar-refractivity contribution < 1.29 is 14.3 Å². The molecule has 2 N–H and O–H groups in total. The number of nitrogens with zero attached hydrogens (tertiary/aromatic N) is 3. The van der Waals surface area contributed by atoms with Gasteiger partial charge < -0.3 is 25.0 Å². The van der Waals surface area contributed by atoms with Crippen LogP contribution in [0, 0.1) is 0 Å². The number of morpholine rings is 1. The zero-order chi connectivity index (χ0) is 21.7. The molecule has 0 radical (unpaired) electrons. The number of rotatable bonds is 11. The molecule has 0 aliphatic carbocycles. The van der Waals surface area contributed by atoms with Crippen LogP contribution in [0.15, 0.2) is 29.3 Å². The number of benzene rings is 1. The van der Waals surface area contributed by atoms with Crippen molar-refractivity contribution in [2.75, 3.05) is 65.6 Å². The number of para-hydroxylation sites is 1. The van der Waals surface area contributed by atoms with Crippen molar-refractivity contribution >= 4 is 11.9 Å². The van der Waals surface area contributed by atoms with Gasteiger partial charge in [0.25, 0.3) is 0 Å². The van der Waals surface area contributed by atoms with Crippen LogP contribution in [-0.2, 0) is 16.1 Å². The number of ether oxygens (including phenoxy) is 2. The zero-order valence-corrected chi connectivity index (χ0v) is 18.8. The van der Waals surface area contributed by atoms with Crippen molar-refractivity contribution in [2.24, 2.45) is 4.99 Å². The van der Waals surface area contributed by atoms with E-state index in [0.29, 0.717) is 19.6 Å². The first-order chi connectivity index (χ1) is 15.3. The number of guanidine groups is 1. The fourth-order valence-electron chi connectivity index (χ4n) is 3.81. The minimum absolute atomic E-state index is 0.283. The van der Waals surface area contributed by atoms with Crippen LogP contribution < -0.4 is 15.4 Å². The number of nitrogens with one attached hydrogen (secondary N) is 2. The first-order valence-corrected chi connectivity index (χ1v) is 11.6. The molecule has 0 aromatic heterocycles. The Morgan fingerprint density at radius 3 is 2.77 bits per heavy atom. The molecule has 3 rings (SSSR count). The maximum absolute atomic E-state index is 11.7. The molecule has 2 aliphatic rings. The van der Waals surface area contributed by atoms with E-state index in [9.17, 15) is 4.79 Å². The van der Waals surface area contributed by atoms with Crippen LogP contribution in [-0.4, -0.2) is 87.3 Å². The van der Waals surface area contributed by atoms with E-state index in [1.807, 2.05) is 23.1 Å². The molecular formula is C23H37N5O3. The average molecular weight is 432 g/mol. The lowest BCUT2D eigenvalue weighted by atomic mass is 10.2. The molecule has 8 nitrogen and oxygen atoms in total. The van der Waals surface area contributed by atoms with E-state index >= 15 is 0 Å². The van der Waals surface area contributed by atoms with Crippen molar-refractivity contribution in [3.63, 3.8) is 0 Å². The number of carbonyl (C=O) groups is 1. The number of hydrogen-bond acceptors (Lipinski definition) is 5. The summed E-state index contributed by atoms with van der Waals surface area (Å²) in [6.07, 6.45) is 2.60. The summed E-state index contributed by atoms with van der Waals surface area (Å²) in [4.78, 5) is 20.8. The molecule has 0 unspecified atom stereocenters. The molecule has 0 bridgehead atoms. The molecule has 1 amide bonds. The highest BCUT2D eigenvalue weighted by Gasteiger charge is 2.19. The Hall–Kier alpha value is -2.32. The van der Waals surface area contributed by atoms with E-state index in [1.165, 1.54) is 0 Å². The number of carbonyl (C=O) groups excluding carboxylic acids is 1. The van der Waals surface area contributed by atoms with Crippen LogP contribution in [0.4, 0.5) is 0 Å². The Bertz CT molecular complexity index is 706. The summed E-state index contributed by atoms with van der Waals surface area (Å²) in [5.74, 6) is 1.96. The van der Waals surface area contributed by atoms with Gasteiger partial charge in [0.2, 0.25) is 5.91 Å². The maximum Gasteiger partial charge on any atom is 0.222 e. The topological polar surface area (TPSA) is 78.4 Å². The fourth-order valence-corrected chi connectivity index (χ4v) is 3.81. The van der Waals surface area contributed by atoms with Gasteiger partial charge >= 0.3 is 0 Å². The van der Waals surface area contributed by atoms with E-state index < -0.39 is 0 Å². The van der Waals surface area contributed by atoms with E-state index in [1.54, 1.807) is 0 Å². The SMILES string of the molecule is CCNC(=NCc1ccccc1OCCN1CCOCC1)NCCCN1CCCC1=O. The van der Waals surface area contributed by atoms with Crippen LogP contribution >= 0.6 is 0 Å². The van der Waals surface area contributed by atoms with E-state index in [0.717, 1.165) is 89.1 Å². The summed E-state index contributed by atoms with van der Waals surface area (Å²) in [6, 6.07) is 8.10. The van der Waals surface area contributed by atoms with Gasteiger partial charge in [-0.3, -0.25) is 9.69 Å². The molecule has 8 heteroatoms. The predicted molar refractivity (Wildman–Crippen MR) is 122 cm³/mol. The lowest BCUT2D eigenvalue weighted by Gasteiger charge is -2.26. The highest BCUT2D eigenvalue weighted by molar-refractivity contribution is 5.80. The molecule has 172 valence electrons. The number of likely N-dealkylation sites (tertiary alicyclic amines) is 1. The van der Waals surface area contributed by atoms with Gasteiger partial charge in [0.1, 0.15) is 12.4 Å². The van der Waals surface area contributed by atoms with E-state index in [4.69, 9.17) is 14.5 Å². The molecule has 1 aromatic carbocycles. The summed E-state index contributed by atoms with van der Waals surface area (Å²) in [7, 11) is 0. The molecule has 2 fully saturated rings. The van der Waals surface area contributed by atoms with Gasteiger partial charge in [-0.05, 0) is 25.8 Å². The van der Waals surface area contributed by atoms with Crippen LogP contribution in [0.2, 0.25) is 0 Å². The highest BCUT2D eigenvalue weighted by atomic mass is 16.5. The Labute approximate surface area is 186 Å². The zero-order valence-electron chi connectivity index (χ0n) is 18.8. The standard InChI is InChI=1S/C23H37N5O3/c1-2-24-23(25-10-6-12-28-11-5-9-22(28)29)26-19-20-7-3-4-8-21(20)31-18-15-27-13-16-30-17-14-27/h3-4,7-8H,2,5-6,9-19H2,1H3,(H2,24,25,26). The number of aliphatic imine (C=N–C) groups is 1. The molecule has 1 aromatic rings. The van der Waals surface area contributed by atoms with Gasteiger partial charge in [0.15, 0.2) is 5.96 Å². The Balaban J connectivity index is 1.44. The fraction of sp³-hybridized carbons (Fsp3) is 0.652. The van der Waals surface area contributed by atoms with E-state index in [-0.39, 0.29) is 5.91 Å². The second-order valence-electron chi connectivity index (χ2n) is 7.87. The maximum atomic E-state index is 11.7. The quantitative estimate of drug-likeness (QED) is 0.314. The summed E-state index contributed by atoms with van der Waals surface area (Å²) in [5, 5.41) is 6.67. The van der Waals surface area contributed by atoms with E-state index in [2.05, 4.69) is 28.5 Å². The van der Waals surface area contributed by atoms with Gasteiger partial charge in [-0.15, -0.1) is 0 Å². The third-order valence-electron chi connectivity index (χ3n) is 5.56. The molecular weight excluding hydrogens is 394 g/mol. The molecule has 2 aliphatic heterocycles. The normalized spacial score (nSPS) is 17.8. The molecule has 2 heterocycles. The summed E-state index contributed by atoms with van der Waals surface area (Å²) in [6.45, 7) is 11.0. The third-order valence-corrected chi connectivity index (χ3v) is 5.56.